The Morgan fingerprint density at radius 3 is 2.30 bits per heavy atom. The molecule has 0 aromatic heterocycles. The van der Waals surface area contributed by atoms with Gasteiger partial charge in [-0.15, -0.1) is 0 Å². The smallest absolute Gasteiger partial charge is 0.223 e. The molecule has 2 unspecified atom stereocenters. The van der Waals surface area contributed by atoms with E-state index in [-0.39, 0.29) is 23.7 Å². The van der Waals surface area contributed by atoms with Gasteiger partial charge in [-0.3, -0.25) is 4.79 Å². The first-order valence-corrected chi connectivity index (χ1v) is 9.32. The molecule has 0 heterocycles. The monoisotopic (exact) mass is 372 g/mol. The molecule has 27 heavy (non-hydrogen) atoms. The average Bonchev–Trinajstić information content (AvgIpc) is 2.65. The Kier molecular flexibility index (Phi) is 7.80. The molecule has 2 aromatic rings. The summed E-state index contributed by atoms with van der Waals surface area (Å²) in [6.45, 7) is 5.01. The lowest BCUT2D eigenvalue weighted by molar-refractivity contribution is -0.124. The van der Waals surface area contributed by atoms with Gasteiger partial charge >= 0.3 is 0 Å². The maximum Gasteiger partial charge on any atom is 0.223 e. The molecule has 0 radical (unpaired) electrons. The summed E-state index contributed by atoms with van der Waals surface area (Å²) in [6.07, 6.45) is 0.585. The summed E-state index contributed by atoms with van der Waals surface area (Å²) in [5, 5.41) is 3.05. The van der Waals surface area contributed by atoms with Crippen LogP contribution in [0.2, 0.25) is 0 Å². The van der Waals surface area contributed by atoms with Crippen LogP contribution in [0.1, 0.15) is 31.0 Å². The maximum absolute atomic E-state index is 13.0. The minimum atomic E-state index is -0.264. The van der Waals surface area contributed by atoms with Crippen molar-refractivity contribution in [2.24, 2.45) is 5.92 Å². The van der Waals surface area contributed by atoms with Crippen molar-refractivity contribution in [1.29, 1.82) is 0 Å². The van der Waals surface area contributed by atoms with Gasteiger partial charge in [0.25, 0.3) is 0 Å². The van der Waals surface area contributed by atoms with Gasteiger partial charge < -0.3 is 15.0 Å². The van der Waals surface area contributed by atoms with E-state index in [4.69, 9.17) is 4.74 Å². The van der Waals surface area contributed by atoms with E-state index in [0.717, 1.165) is 16.9 Å². The standard InChI is InChI=1S/C22H29FN2O2/c1-5-27-20-12-8-18(9-13-20)21(25(3)4)15-24-22(26)16(2)14-17-6-10-19(23)11-7-17/h6-13,16,21H,5,14-15H2,1-4H3,(H,24,26). The number of nitrogens with zero attached hydrogens (tertiary/aromatic N) is 1. The number of hydrogen-bond donors (Lipinski definition) is 1. The van der Waals surface area contributed by atoms with Crippen LogP contribution in [0.5, 0.6) is 5.75 Å². The Bertz CT molecular complexity index is 714. The normalized spacial score (nSPS) is 13.3. The zero-order valence-corrected chi connectivity index (χ0v) is 16.5. The highest BCUT2D eigenvalue weighted by Crippen LogP contribution is 2.21. The molecule has 0 aliphatic heterocycles. The molecule has 146 valence electrons. The molecule has 0 saturated heterocycles. The molecule has 2 aromatic carbocycles. The number of carbonyl (C=O) groups excluding carboxylic acids is 1. The number of hydrogen-bond acceptors (Lipinski definition) is 3. The molecule has 1 N–H and O–H groups in total. The quantitative estimate of drug-likeness (QED) is 0.728. The minimum Gasteiger partial charge on any atom is -0.494 e. The fourth-order valence-corrected chi connectivity index (χ4v) is 2.99. The minimum absolute atomic E-state index is 0.00267. The zero-order valence-electron chi connectivity index (χ0n) is 16.5. The van der Waals surface area contributed by atoms with Crippen molar-refractivity contribution in [3.63, 3.8) is 0 Å². The van der Waals surface area contributed by atoms with Crippen molar-refractivity contribution >= 4 is 5.91 Å². The second kappa shape index (κ2) is 10.1. The summed E-state index contributed by atoms with van der Waals surface area (Å²) in [6, 6.07) is 14.3. The first-order chi connectivity index (χ1) is 12.9. The van der Waals surface area contributed by atoms with E-state index in [1.807, 2.05) is 52.2 Å². The molecule has 2 atom stereocenters. The van der Waals surface area contributed by atoms with Gasteiger partial charge in [0, 0.05) is 12.5 Å². The van der Waals surface area contributed by atoms with Gasteiger partial charge in [0.1, 0.15) is 11.6 Å². The topological polar surface area (TPSA) is 41.6 Å². The van der Waals surface area contributed by atoms with Gasteiger partial charge in [0.15, 0.2) is 0 Å². The lowest BCUT2D eigenvalue weighted by Gasteiger charge is -2.26. The van der Waals surface area contributed by atoms with Crippen LogP contribution >= 0.6 is 0 Å². The summed E-state index contributed by atoms with van der Waals surface area (Å²) < 4.78 is 18.5. The van der Waals surface area contributed by atoms with Crippen molar-refractivity contribution in [3.05, 3.63) is 65.5 Å². The predicted molar refractivity (Wildman–Crippen MR) is 106 cm³/mol. The lowest BCUT2D eigenvalue weighted by atomic mass is 10.00. The second-order valence-electron chi connectivity index (χ2n) is 6.96. The van der Waals surface area contributed by atoms with Crippen LogP contribution in [-0.4, -0.2) is 38.1 Å². The number of benzene rings is 2. The van der Waals surface area contributed by atoms with Crippen LogP contribution in [-0.2, 0) is 11.2 Å². The summed E-state index contributed by atoms with van der Waals surface area (Å²) in [7, 11) is 3.99. The van der Waals surface area contributed by atoms with Crippen LogP contribution in [0.3, 0.4) is 0 Å². The van der Waals surface area contributed by atoms with E-state index in [9.17, 15) is 9.18 Å². The molecule has 0 bridgehead atoms. The molecule has 0 spiro atoms. The van der Waals surface area contributed by atoms with Gasteiger partial charge in [0.05, 0.1) is 12.6 Å². The molecule has 2 rings (SSSR count). The first kappa shape index (κ1) is 20.9. The van der Waals surface area contributed by atoms with E-state index in [0.29, 0.717) is 19.6 Å². The number of likely N-dealkylation sites (N-methyl/N-ethyl adjacent to an activating group) is 1. The Hall–Kier alpha value is -2.40. The molecule has 4 nitrogen and oxygen atoms in total. The number of amides is 1. The number of ether oxygens (including phenoxy) is 1. The Morgan fingerprint density at radius 1 is 1.11 bits per heavy atom. The number of carbonyl (C=O) groups is 1. The zero-order chi connectivity index (χ0) is 19.8. The number of nitrogens with one attached hydrogen (secondary N) is 1. The molecule has 0 saturated carbocycles. The Labute approximate surface area is 161 Å². The lowest BCUT2D eigenvalue weighted by Crippen LogP contribution is -2.37. The molecule has 1 amide bonds. The van der Waals surface area contributed by atoms with Gasteiger partial charge in [-0.25, -0.2) is 4.39 Å². The highest BCUT2D eigenvalue weighted by atomic mass is 19.1. The highest BCUT2D eigenvalue weighted by Gasteiger charge is 2.18. The summed E-state index contributed by atoms with van der Waals surface area (Å²) in [5.41, 5.74) is 2.07. The van der Waals surface area contributed by atoms with Crippen LogP contribution in [0.4, 0.5) is 4.39 Å². The molecule has 0 fully saturated rings. The summed E-state index contributed by atoms with van der Waals surface area (Å²) in [4.78, 5) is 14.6. The van der Waals surface area contributed by atoms with Gasteiger partial charge in [-0.1, -0.05) is 31.2 Å². The average molecular weight is 372 g/mol. The van der Waals surface area contributed by atoms with E-state index in [2.05, 4.69) is 10.2 Å². The highest BCUT2D eigenvalue weighted by molar-refractivity contribution is 5.78. The molecule has 0 aliphatic carbocycles. The van der Waals surface area contributed by atoms with Crippen molar-refractivity contribution in [1.82, 2.24) is 10.2 Å². The second-order valence-corrected chi connectivity index (χ2v) is 6.96. The first-order valence-electron chi connectivity index (χ1n) is 9.32. The maximum atomic E-state index is 13.0. The van der Waals surface area contributed by atoms with Gasteiger partial charge in [-0.05, 0) is 62.8 Å². The van der Waals surface area contributed by atoms with E-state index < -0.39 is 0 Å². The molecular formula is C22H29FN2O2. The van der Waals surface area contributed by atoms with Crippen LogP contribution < -0.4 is 10.1 Å². The SMILES string of the molecule is CCOc1ccc(C(CNC(=O)C(C)Cc2ccc(F)cc2)N(C)C)cc1. The van der Waals surface area contributed by atoms with E-state index in [1.54, 1.807) is 12.1 Å². The Morgan fingerprint density at radius 2 is 1.74 bits per heavy atom. The fraction of sp³-hybridized carbons (Fsp3) is 0.409. The van der Waals surface area contributed by atoms with Crippen molar-refractivity contribution in [3.8, 4) is 5.75 Å². The third kappa shape index (κ3) is 6.36. The molecule has 5 heteroatoms. The van der Waals surface area contributed by atoms with E-state index >= 15 is 0 Å². The largest absolute Gasteiger partial charge is 0.494 e. The molecular weight excluding hydrogens is 343 g/mol. The molecule has 0 aliphatic rings. The predicted octanol–water partition coefficient (Wildman–Crippen LogP) is 3.82. The van der Waals surface area contributed by atoms with E-state index in [1.165, 1.54) is 12.1 Å². The van der Waals surface area contributed by atoms with Crippen LogP contribution in [0, 0.1) is 11.7 Å². The van der Waals surface area contributed by atoms with Crippen molar-refractivity contribution < 1.29 is 13.9 Å². The Balaban J connectivity index is 1.93. The summed E-state index contributed by atoms with van der Waals surface area (Å²) in [5.74, 6) is 0.395. The third-order valence-corrected chi connectivity index (χ3v) is 4.57. The van der Waals surface area contributed by atoms with Crippen molar-refractivity contribution in [2.75, 3.05) is 27.2 Å². The van der Waals surface area contributed by atoms with Crippen LogP contribution in [0.25, 0.3) is 0 Å². The fourth-order valence-electron chi connectivity index (χ4n) is 2.99. The third-order valence-electron chi connectivity index (χ3n) is 4.57. The number of rotatable bonds is 9. The van der Waals surface area contributed by atoms with Gasteiger partial charge in [0.2, 0.25) is 5.91 Å². The van der Waals surface area contributed by atoms with Crippen molar-refractivity contribution in [2.45, 2.75) is 26.3 Å². The van der Waals surface area contributed by atoms with Crippen LogP contribution in [0.15, 0.2) is 48.5 Å². The van der Waals surface area contributed by atoms with Gasteiger partial charge in [-0.2, -0.15) is 0 Å². The summed E-state index contributed by atoms with van der Waals surface area (Å²) >= 11 is 0. The number of halogens is 1.